The molecule has 0 spiro atoms. The second-order valence-corrected chi connectivity index (χ2v) is 9.15. The van der Waals surface area contributed by atoms with Gasteiger partial charge in [-0.1, -0.05) is 41.4 Å². The van der Waals surface area contributed by atoms with Crippen LogP contribution >= 0.6 is 35.0 Å². The Morgan fingerprint density at radius 2 is 1.80 bits per heavy atom. The van der Waals surface area contributed by atoms with E-state index in [0.717, 1.165) is 16.7 Å². The Morgan fingerprint density at radius 3 is 2.51 bits per heavy atom. The molecule has 1 aliphatic heterocycles. The van der Waals surface area contributed by atoms with E-state index in [2.05, 4.69) is 6.07 Å². The molecule has 3 aromatic carbocycles. The van der Waals surface area contributed by atoms with E-state index < -0.39 is 11.1 Å². The van der Waals surface area contributed by atoms with Crippen LogP contribution in [0.1, 0.15) is 23.6 Å². The lowest BCUT2D eigenvalue weighted by atomic mass is 10.1. The molecule has 6 nitrogen and oxygen atoms in total. The molecule has 0 aliphatic carbocycles. The first-order valence-corrected chi connectivity index (χ1v) is 12.1. The zero-order valence-electron chi connectivity index (χ0n) is 18.5. The third-order valence-electron chi connectivity index (χ3n) is 5.02. The third kappa shape index (κ3) is 5.46. The first-order chi connectivity index (χ1) is 16.9. The molecule has 176 valence electrons. The Bertz CT molecular complexity index is 1370. The summed E-state index contributed by atoms with van der Waals surface area (Å²) in [5.41, 5.74) is 2.24. The van der Waals surface area contributed by atoms with Crippen LogP contribution in [0.4, 0.5) is 10.5 Å². The topological polar surface area (TPSA) is 79.6 Å². The first-order valence-electron chi connectivity index (χ1n) is 10.5. The highest BCUT2D eigenvalue weighted by molar-refractivity contribution is 8.19. The van der Waals surface area contributed by atoms with Gasteiger partial charge in [0, 0.05) is 10.6 Å². The molecule has 0 aromatic heterocycles. The van der Waals surface area contributed by atoms with E-state index in [4.69, 9.17) is 32.7 Å². The van der Waals surface area contributed by atoms with Gasteiger partial charge < -0.3 is 9.47 Å². The van der Waals surface area contributed by atoms with Gasteiger partial charge in [0.1, 0.15) is 6.61 Å². The fourth-order valence-electron chi connectivity index (χ4n) is 3.41. The van der Waals surface area contributed by atoms with E-state index in [0.29, 0.717) is 45.5 Å². The Hall–Kier alpha value is -3.44. The van der Waals surface area contributed by atoms with Crippen LogP contribution in [0, 0.1) is 11.3 Å². The van der Waals surface area contributed by atoms with Crippen molar-refractivity contribution in [2.45, 2.75) is 13.5 Å². The van der Waals surface area contributed by atoms with E-state index in [1.54, 1.807) is 60.7 Å². The molecule has 2 amide bonds. The number of amides is 2. The van der Waals surface area contributed by atoms with Crippen molar-refractivity contribution in [3.8, 4) is 17.6 Å². The minimum Gasteiger partial charge on any atom is -0.490 e. The Labute approximate surface area is 216 Å². The van der Waals surface area contributed by atoms with Crippen LogP contribution in [-0.2, 0) is 11.4 Å². The van der Waals surface area contributed by atoms with E-state index in [9.17, 15) is 14.9 Å². The fourth-order valence-corrected chi connectivity index (χ4v) is 4.65. The van der Waals surface area contributed by atoms with Crippen LogP contribution in [-0.4, -0.2) is 17.8 Å². The standard InChI is InChI=1S/C26H18Cl2N2O4S/c1-2-33-22-12-16(11-21(28)24(22)34-15-18-6-4-3-5-17(18)14-29)13-23-25(31)30(26(32)35-23)20-9-7-19(27)8-10-20/h3-13H,2,15H2,1H3/b23-13+. The number of anilines is 1. The van der Waals surface area contributed by atoms with Gasteiger partial charge in [-0.2, -0.15) is 5.26 Å². The third-order valence-corrected chi connectivity index (χ3v) is 6.42. The lowest BCUT2D eigenvalue weighted by Gasteiger charge is -2.15. The number of carbonyl (C=O) groups is 2. The molecule has 0 bridgehead atoms. The van der Waals surface area contributed by atoms with Gasteiger partial charge in [-0.3, -0.25) is 9.59 Å². The molecular formula is C26H18Cl2N2O4S. The number of carbonyl (C=O) groups excluding carboxylic acids is 2. The number of thioether (sulfide) groups is 1. The minimum absolute atomic E-state index is 0.128. The van der Waals surface area contributed by atoms with Gasteiger partial charge in [0.15, 0.2) is 11.5 Å². The molecule has 1 heterocycles. The number of halogens is 2. The zero-order valence-corrected chi connectivity index (χ0v) is 20.8. The fraction of sp³-hybridized carbons (Fsp3) is 0.115. The van der Waals surface area contributed by atoms with Gasteiger partial charge in [-0.15, -0.1) is 0 Å². The van der Waals surface area contributed by atoms with Crippen molar-refractivity contribution >= 4 is 57.9 Å². The van der Waals surface area contributed by atoms with Crippen molar-refractivity contribution in [3.63, 3.8) is 0 Å². The molecule has 35 heavy (non-hydrogen) atoms. The molecule has 0 N–H and O–H groups in total. The van der Waals surface area contributed by atoms with Crippen molar-refractivity contribution in [1.82, 2.24) is 0 Å². The summed E-state index contributed by atoms with van der Waals surface area (Å²) in [5, 5.41) is 9.67. The normalized spacial score (nSPS) is 14.3. The van der Waals surface area contributed by atoms with Gasteiger partial charge in [-0.05, 0) is 72.8 Å². The second-order valence-electron chi connectivity index (χ2n) is 7.31. The largest absolute Gasteiger partial charge is 0.490 e. The summed E-state index contributed by atoms with van der Waals surface area (Å²) < 4.78 is 11.7. The monoisotopic (exact) mass is 524 g/mol. The Balaban J connectivity index is 1.61. The first kappa shape index (κ1) is 24.7. The van der Waals surface area contributed by atoms with Gasteiger partial charge >= 0.3 is 0 Å². The maximum absolute atomic E-state index is 13.0. The Kier molecular flexibility index (Phi) is 7.67. The summed E-state index contributed by atoms with van der Waals surface area (Å²) in [6.07, 6.45) is 1.59. The van der Waals surface area contributed by atoms with Crippen LogP contribution in [0.2, 0.25) is 10.0 Å². The average molecular weight is 525 g/mol. The van der Waals surface area contributed by atoms with Crippen molar-refractivity contribution < 1.29 is 19.1 Å². The maximum Gasteiger partial charge on any atom is 0.298 e. The minimum atomic E-state index is -0.440. The van der Waals surface area contributed by atoms with E-state index in [1.807, 2.05) is 13.0 Å². The van der Waals surface area contributed by atoms with Gasteiger partial charge in [0.25, 0.3) is 11.1 Å². The maximum atomic E-state index is 13.0. The molecule has 0 unspecified atom stereocenters. The van der Waals surface area contributed by atoms with Gasteiger partial charge in [0.2, 0.25) is 0 Å². The van der Waals surface area contributed by atoms with Gasteiger partial charge in [0.05, 0.1) is 33.9 Å². The SMILES string of the molecule is CCOc1cc(/C=C2/SC(=O)N(c3ccc(Cl)cc3)C2=O)cc(Cl)c1OCc1ccccc1C#N. The van der Waals surface area contributed by atoms with Crippen molar-refractivity contribution in [2.24, 2.45) is 0 Å². The molecule has 1 aliphatic rings. The predicted molar refractivity (Wildman–Crippen MR) is 138 cm³/mol. The quantitative estimate of drug-likeness (QED) is 0.307. The smallest absolute Gasteiger partial charge is 0.298 e. The summed E-state index contributed by atoms with van der Waals surface area (Å²) in [7, 11) is 0. The zero-order chi connectivity index (χ0) is 24.9. The highest BCUT2D eigenvalue weighted by atomic mass is 35.5. The van der Waals surface area contributed by atoms with Crippen LogP contribution in [0.25, 0.3) is 6.08 Å². The highest BCUT2D eigenvalue weighted by Crippen LogP contribution is 2.40. The van der Waals surface area contributed by atoms with E-state index in [1.165, 1.54) is 0 Å². The number of nitrogens with zero attached hydrogens (tertiary/aromatic N) is 2. The average Bonchev–Trinajstić information content (AvgIpc) is 3.12. The van der Waals surface area contributed by atoms with E-state index >= 15 is 0 Å². The number of nitriles is 1. The summed E-state index contributed by atoms with van der Waals surface area (Å²) in [5.74, 6) is 0.273. The van der Waals surface area contributed by atoms with Gasteiger partial charge in [-0.25, -0.2) is 4.90 Å². The van der Waals surface area contributed by atoms with Crippen molar-refractivity contribution in [3.05, 3.63) is 92.3 Å². The lowest BCUT2D eigenvalue weighted by Crippen LogP contribution is -2.27. The number of hydrogen-bond donors (Lipinski definition) is 0. The molecule has 1 saturated heterocycles. The number of rotatable bonds is 7. The molecule has 1 fully saturated rings. The molecule has 0 radical (unpaired) electrons. The second kappa shape index (κ2) is 10.9. The molecule has 9 heteroatoms. The predicted octanol–water partition coefficient (Wildman–Crippen LogP) is 7.08. The van der Waals surface area contributed by atoms with Crippen molar-refractivity contribution in [1.29, 1.82) is 5.26 Å². The van der Waals surface area contributed by atoms with Crippen LogP contribution < -0.4 is 14.4 Å². The van der Waals surface area contributed by atoms with E-state index in [-0.39, 0.29) is 16.5 Å². The summed E-state index contributed by atoms with van der Waals surface area (Å²) >= 11 is 13.3. The van der Waals surface area contributed by atoms with Crippen LogP contribution in [0.15, 0.2) is 65.6 Å². The summed E-state index contributed by atoms with van der Waals surface area (Å²) in [6, 6.07) is 19.0. The summed E-state index contributed by atoms with van der Waals surface area (Å²) in [6.45, 7) is 2.31. The molecule has 4 rings (SSSR count). The number of imide groups is 1. The number of benzene rings is 3. The highest BCUT2D eigenvalue weighted by Gasteiger charge is 2.36. The number of hydrogen-bond acceptors (Lipinski definition) is 6. The molecule has 0 atom stereocenters. The Morgan fingerprint density at radius 1 is 1.06 bits per heavy atom. The number of ether oxygens (including phenoxy) is 2. The molecular weight excluding hydrogens is 507 g/mol. The molecule has 3 aromatic rings. The summed E-state index contributed by atoms with van der Waals surface area (Å²) in [4.78, 5) is 26.8. The van der Waals surface area contributed by atoms with Crippen LogP contribution in [0.5, 0.6) is 11.5 Å². The van der Waals surface area contributed by atoms with Crippen molar-refractivity contribution in [2.75, 3.05) is 11.5 Å². The van der Waals surface area contributed by atoms with Crippen LogP contribution in [0.3, 0.4) is 0 Å². The molecule has 0 saturated carbocycles. The lowest BCUT2D eigenvalue weighted by molar-refractivity contribution is -0.113.